The van der Waals surface area contributed by atoms with Gasteiger partial charge in [0.25, 0.3) is 0 Å². The van der Waals surface area contributed by atoms with Crippen molar-refractivity contribution in [3.63, 3.8) is 0 Å². The third kappa shape index (κ3) is 2.24. The number of aromatic nitrogens is 3. The Morgan fingerprint density at radius 2 is 2.24 bits per heavy atom. The number of nitrogens with one attached hydrogen (secondary N) is 1. The van der Waals surface area contributed by atoms with Gasteiger partial charge in [-0.2, -0.15) is 4.98 Å². The van der Waals surface area contributed by atoms with E-state index in [0.717, 1.165) is 17.8 Å². The van der Waals surface area contributed by atoms with Gasteiger partial charge in [-0.15, -0.1) is 5.10 Å². The number of aliphatic hydroxyl groups is 1. The van der Waals surface area contributed by atoms with Crippen molar-refractivity contribution >= 4 is 11.6 Å². The average Bonchev–Trinajstić information content (AvgIpc) is 2.73. The lowest BCUT2D eigenvalue weighted by Gasteiger charge is -2.26. The second kappa shape index (κ2) is 4.33. The summed E-state index contributed by atoms with van der Waals surface area (Å²) in [5.74, 6) is 0.553. The molecule has 0 aliphatic carbocycles. The van der Waals surface area contributed by atoms with Crippen molar-refractivity contribution < 1.29 is 5.11 Å². The molecule has 0 radical (unpaired) electrons. The van der Waals surface area contributed by atoms with Crippen molar-refractivity contribution in [1.29, 1.82) is 0 Å². The Bertz CT molecular complexity index is 516. The highest BCUT2D eigenvalue weighted by Crippen LogP contribution is 2.16. The smallest absolute Gasteiger partial charge is 0.243 e. The van der Waals surface area contributed by atoms with Gasteiger partial charge in [0.2, 0.25) is 5.95 Å². The predicted octanol–water partition coefficient (Wildman–Crippen LogP) is 1.61. The first-order valence-corrected chi connectivity index (χ1v) is 5.79. The zero-order chi connectivity index (χ0) is 12.5. The van der Waals surface area contributed by atoms with Crippen LogP contribution in [0.5, 0.6) is 0 Å². The molecular formula is C12H18N4O. The zero-order valence-corrected chi connectivity index (χ0v) is 10.4. The third-order valence-electron chi connectivity index (χ3n) is 3.09. The van der Waals surface area contributed by atoms with E-state index in [2.05, 4.69) is 15.4 Å². The molecule has 0 spiro atoms. The van der Waals surface area contributed by atoms with Crippen LogP contribution >= 0.6 is 0 Å². The molecule has 0 aromatic carbocycles. The van der Waals surface area contributed by atoms with Crippen molar-refractivity contribution in [2.24, 2.45) is 0 Å². The van der Waals surface area contributed by atoms with Crippen LogP contribution in [0.25, 0.3) is 5.65 Å². The minimum Gasteiger partial charge on any atom is -0.394 e. The van der Waals surface area contributed by atoms with Crippen LogP contribution in [0.4, 0.5) is 5.95 Å². The van der Waals surface area contributed by atoms with Gasteiger partial charge in [-0.05, 0) is 32.4 Å². The van der Waals surface area contributed by atoms with Crippen molar-refractivity contribution in [3.8, 4) is 0 Å². The van der Waals surface area contributed by atoms with Gasteiger partial charge in [-0.25, -0.2) is 4.52 Å². The molecule has 0 bridgehead atoms. The van der Waals surface area contributed by atoms with Crippen molar-refractivity contribution in [2.75, 3.05) is 11.9 Å². The Hall–Kier alpha value is -1.62. The first-order chi connectivity index (χ1) is 8.08. The summed E-state index contributed by atoms with van der Waals surface area (Å²) in [5, 5.41) is 16.9. The summed E-state index contributed by atoms with van der Waals surface area (Å²) in [6, 6.07) is 5.85. The summed E-state index contributed by atoms with van der Waals surface area (Å²) in [5.41, 5.74) is 1.47. The lowest BCUT2D eigenvalue weighted by molar-refractivity contribution is 0.218. The first kappa shape index (κ1) is 11.9. The standard InChI is InChI=1S/C12H18N4O/c1-4-12(3,8-17)14-11-13-10-7-5-6-9(2)16(10)15-11/h5-7,17H,4,8H2,1-3H3,(H,14,15). The van der Waals surface area contributed by atoms with Gasteiger partial charge in [0.1, 0.15) is 0 Å². The van der Waals surface area contributed by atoms with E-state index in [4.69, 9.17) is 0 Å². The first-order valence-electron chi connectivity index (χ1n) is 5.79. The Morgan fingerprint density at radius 1 is 1.47 bits per heavy atom. The SMILES string of the molecule is CCC(C)(CO)Nc1nc2cccc(C)n2n1. The predicted molar refractivity (Wildman–Crippen MR) is 67.1 cm³/mol. The van der Waals surface area contributed by atoms with Gasteiger partial charge in [-0.3, -0.25) is 0 Å². The minimum absolute atomic E-state index is 0.0536. The Balaban J connectivity index is 2.34. The highest BCUT2D eigenvalue weighted by molar-refractivity contribution is 5.45. The number of hydrogen-bond donors (Lipinski definition) is 2. The number of aliphatic hydroxyl groups excluding tert-OH is 1. The number of hydrogen-bond acceptors (Lipinski definition) is 4. The fourth-order valence-electron chi connectivity index (χ4n) is 1.60. The summed E-state index contributed by atoms with van der Waals surface area (Å²) >= 11 is 0. The van der Waals surface area contributed by atoms with E-state index in [1.807, 2.05) is 39.0 Å². The average molecular weight is 234 g/mol. The Labute approximate surface area is 100 Å². The quantitative estimate of drug-likeness (QED) is 0.843. The summed E-state index contributed by atoms with van der Waals surface area (Å²) in [4.78, 5) is 4.38. The number of fused-ring (bicyclic) bond motifs is 1. The second-order valence-corrected chi connectivity index (χ2v) is 4.57. The molecule has 5 nitrogen and oxygen atoms in total. The molecule has 5 heteroatoms. The molecule has 0 saturated carbocycles. The fourth-order valence-corrected chi connectivity index (χ4v) is 1.60. The van der Waals surface area contributed by atoms with Crippen LogP contribution in [0.15, 0.2) is 18.2 Å². The molecule has 2 heterocycles. The van der Waals surface area contributed by atoms with E-state index in [0.29, 0.717) is 5.95 Å². The zero-order valence-electron chi connectivity index (χ0n) is 10.4. The van der Waals surface area contributed by atoms with Gasteiger partial charge < -0.3 is 10.4 Å². The van der Waals surface area contributed by atoms with Gasteiger partial charge in [0.05, 0.1) is 12.1 Å². The van der Waals surface area contributed by atoms with E-state index in [1.54, 1.807) is 4.52 Å². The molecule has 0 fully saturated rings. The maximum atomic E-state index is 9.35. The second-order valence-electron chi connectivity index (χ2n) is 4.57. The summed E-state index contributed by atoms with van der Waals surface area (Å²) in [6.45, 7) is 6.00. The summed E-state index contributed by atoms with van der Waals surface area (Å²) in [6.07, 6.45) is 0.804. The summed E-state index contributed by atoms with van der Waals surface area (Å²) in [7, 11) is 0. The van der Waals surface area contributed by atoms with E-state index < -0.39 is 0 Å². The lowest BCUT2D eigenvalue weighted by atomic mass is 10.0. The molecule has 92 valence electrons. The van der Waals surface area contributed by atoms with E-state index in [-0.39, 0.29) is 12.1 Å². The van der Waals surface area contributed by atoms with Crippen molar-refractivity contribution in [2.45, 2.75) is 32.7 Å². The highest BCUT2D eigenvalue weighted by Gasteiger charge is 2.22. The van der Waals surface area contributed by atoms with E-state index in [9.17, 15) is 5.11 Å². The molecule has 2 rings (SSSR count). The lowest BCUT2D eigenvalue weighted by Crippen LogP contribution is -2.38. The van der Waals surface area contributed by atoms with Gasteiger partial charge >= 0.3 is 0 Å². The van der Waals surface area contributed by atoms with Gasteiger partial charge in [0, 0.05) is 5.69 Å². The molecule has 2 aromatic rings. The van der Waals surface area contributed by atoms with Gasteiger partial charge in [-0.1, -0.05) is 13.0 Å². The molecule has 0 saturated heterocycles. The van der Waals surface area contributed by atoms with E-state index in [1.165, 1.54) is 0 Å². The van der Waals surface area contributed by atoms with Crippen LogP contribution in [-0.2, 0) is 0 Å². The van der Waals surface area contributed by atoms with Crippen molar-refractivity contribution in [3.05, 3.63) is 23.9 Å². The van der Waals surface area contributed by atoms with Crippen LogP contribution in [0.2, 0.25) is 0 Å². The fraction of sp³-hybridized carbons (Fsp3) is 0.500. The maximum absolute atomic E-state index is 9.35. The van der Waals surface area contributed by atoms with Crippen molar-refractivity contribution in [1.82, 2.24) is 14.6 Å². The molecular weight excluding hydrogens is 216 g/mol. The van der Waals surface area contributed by atoms with Gasteiger partial charge in [0.15, 0.2) is 5.65 Å². The highest BCUT2D eigenvalue weighted by atomic mass is 16.3. The van der Waals surface area contributed by atoms with Crippen LogP contribution in [0.3, 0.4) is 0 Å². The Kier molecular flexibility index (Phi) is 3.02. The molecule has 2 N–H and O–H groups in total. The molecule has 1 atom stereocenters. The number of rotatable bonds is 4. The third-order valence-corrected chi connectivity index (χ3v) is 3.09. The number of aryl methyl sites for hydroxylation is 1. The Morgan fingerprint density at radius 3 is 2.82 bits per heavy atom. The number of pyridine rings is 1. The minimum atomic E-state index is -0.376. The molecule has 0 amide bonds. The monoisotopic (exact) mass is 234 g/mol. The normalized spacial score (nSPS) is 14.8. The molecule has 0 aliphatic heterocycles. The molecule has 17 heavy (non-hydrogen) atoms. The maximum Gasteiger partial charge on any atom is 0.243 e. The van der Waals surface area contributed by atoms with E-state index >= 15 is 0 Å². The topological polar surface area (TPSA) is 62.5 Å². The van der Waals surface area contributed by atoms with Crippen LogP contribution in [0, 0.1) is 6.92 Å². The van der Waals surface area contributed by atoms with Crippen LogP contribution < -0.4 is 5.32 Å². The molecule has 1 unspecified atom stereocenters. The molecule has 0 aliphatic rings. The van der Waals surface area contributed by atoms with Crippen LogP contribution in [0.1, 0.15) is 26.0 Å². The van der Waals surface area contributed by atoms with Crippen LogP contribution in [-0.4, -0.2) is 31.9 Å². The largest absolute Gasteiger partial charge is 0.394 e. The number of anilines is 1. The molecule has 2 aromatic heterocycles. The summed E-state index contributed by atoms with van der Waals surface area (Å²) < 4.78 is 1.79. The number of nitrogens with zero attached hydrogens (tertiary/aromatic N) is 3.